The van der Waals surface area contributed by atoms with E-state index in [1.807, 2.05) is 0 Å². The average Bonchev–Trinajstić information content (AvgIpc) is 3.01. The van der Waals surface area contributed by atoms with E-state index in [1.54, 1.807) is 53.6 Å². The second kappa shape index (κ2) is 6.14. The summed E-state index contributed by atoms with van der Waals surface area (Å²) in [5, 5.41) is 3.06. The highest BCUT2D eigenvalue weighted by molar-refractivity contribution is 5.79. The van der Waals surface area contributed by atoms with E-state index in [1.165, 1.54) is 6.07 Å². The smallest absolute Gasteiger partial charge is 0.339 e. The van der Waals surface area contributed by atoms with Crippen molar-refractivity contribution in [3.05, 3.63) is 72.9 Å². The minimum Gasteiger partial charge on any atom is -0.339 e. The van der Waals surface area contributed by atoms with E-state index >= 15 is 0 Å². The summed E-state index contributed by atoms with van der Waals surface area (Å²) in [5.41, 5.74) is 1.56. The molecule has 3 aromatic heterocycles. The molecule has 0 spiro atoms. The molecule has 4 rings (SSSR count). The molecule has 0 fully saturated rings. The maximum absolute atomic E-state index is 13.0. The number of aromatic nitrogens is 4. The average molecular weight is 355 g/mol. The summed E-state index contributed by atoms with van der Waals surface area (Å²) < 4.78 is 40.7. The molecular weight excluding hydrogens is 343 g/mol. The third kappa shape index (κ3) is 2.97. The molecule has 0 radical (unpaired) electrons. The Balaban J connectivity index is 1.84. The van der Waals surface area contributed by atoms with Gasteiger partial charge in [-0.3, -0.25) is 14.4 Å². The molecule has 5 nitrogen and oxygen atoms in total. The Morgan fingerprint density at radius 1 is 0.962 bits per heavy atom. The fourth-order valence-corrected chi connectivity index (χ4v) is 2.65. The first kappa shape index (κ1) is 16.1. The van der Waals surface area contributed by atoms with E-state index < -0.39 is 11.7 Å². The fourth-order valence-electron chi connectivity index (χ4n) is 2.65. The molecule has 8 heteroatoms. The van der Waals surface area contributed by atoms with E-state index in [-0.39, 0.29) is 0 Å². The maximum Gasteiger partial charge on any atom is 0.416 e. The van der Waals surface area contributed by atoms with Crippen molar-refractivity contribution in [3.8, 4) is 11.3 Å². The number of hydrogen-bond acceptors (Lipinski definition) is 4. The van der Waals surface area contributed by atoms with Gasteiger partial charge < -0.3 is 5.32 Å². The lowest BCUT2D eigenvalue weighted by molar-refractivity contribution is -0.137. The van der Waals surface area contributed by atoms with Gasteiger partial charge in [0.25, 0.3) is 0 Å². The number of fused-ring (bicyclic) bond motifs is 1. The number of nitrogens with one attached hydrogen (secondary N) is 1. The lowest BCUT2D eigenvalue weighted by Gasteiger charge is -2.12. The van der Waals surface area contributed by atoms with Gasteiger partial charge in [0.05, 0.1) is 11.8 Å². The van der Waals surface area contributed by atoms with Crippen LogP contribution < -0.4 is 5.32 Å². The molecule has 0 unspecified atom stereocenters. The van der Waals surface area contributed by atoms with Crippen molar-refractivity contribution in [2.24, 2.45) is 0 Å². The van der Waals surface area contributed by atoms with Crippen LogP contribution in [0.2, 0.25) is 0 Å². The van der Waals surface area contributed by atoms with E-state index in [2.05, 4.69) is 20.3 Å². The zero-order valence-electron chi connectivity index (χ0n) is 13.3. The summed E-state index contributed by atoms with van der Waals surface area (Å²) in [4.78, 5) is 12.6. The molecule has 0 saturated heterocycles. The first-order valence-corrected chi connectivity index (χ1v) is 7.69. The molecule has 1 N–H and O–H groups in total. The predicted molar refractivity (Wildman–Crippen MR) is 90.9 cm³/mol. The van der Waals surface area contributed by atoms with Gasteiger partial charge in [-0.1, -0.05) is 6.07 Å². The van der Waals surface area contributed by atoms with Gasteiger partial charge in [-0.2, -0.15) is 13.2 Å². The molecule has 0 saturated carbocycles. The first-order valence-electron chi connectivity index (χ1n) is 7.69. The van der Waals surface area contributed by atoms with E-state index in [4.69, 9.17) is 0 Å². The maximum atomic E-state index is 13.0. The number of pyridine rings is 1. The van der Waals surface area contributed by atoms with E-state index in [0.717, 1.165) is 17.7 Å². The Kier molecular flexibility index (Phi) is 3.80. The summed E-state index contributed by atoms with van der Waals surface area (Å²) in [5.74, 6) is 0.549. The molecule has 0 atom stereocenters. The number of hydrogen-bond donors (Lipinski definition) is 1. The summed E-state index contributed by atoms with van der Waals surface area (Å²) in [6.07, 6.45) is 3.72. The molecule has 130 valence electrons. The van der Waals surface area contributed by atoms with Gasteiger partial charge in [0.2, 0.25) is 0 Å². The third-order valence-electron chi connectivity index (χ3n) is 3.84. The SMILES string of the molecule is FC(F)(F)c1cccc(Nc2c(-c3ccncc3)nc3cnccn23)c1. The van der Waals surface area contributed by atoms with Crippen molar-refractivity contribution in [3.63, 3.8) is 0 Å². The molecule has 0 aliphatic rings. The van der Waals surface area contributed by atoms with E-state index in [0.29, 0.717) is 22.8 Å². The molecule has 0 bridgehead atoms. The second-order valence-corrected chi connectivity index (χ2v) is 5.55. The molecule has 0 amide bonds. The van der Waals surface area contributed by atoms with Crippen LogP contribution in [0, 0.1) is 0 Å². The topological polar surface area (TPSA) is 55.1 Å². The molecule has 0 aliphatic carbocycles. The van der Waals surface area contributed by atoms with Crippen LogP contribution in [-0.4, -0.2) is 19.4 Å². The number of anilines is 2. The van der Waals surface area contributed by atoms with Crippen LogP contribution in [0.1, 0.15) is 5.56 Å². The van der Waals surface area contributed by atoms with Crippen molar-refractivity contribution in [2.75, 3.05) is 5.32 Å². The van der Waals surface area contributed by atoms with Crippen LogP contribution in [0.4, 0.5) is 24.7 Å². The lowest BCUT2D eigenvalue weighted by atomic mass is 10.1. The van der Waals surface area contributed by atoms with Crippen LogP contribution in [0.3, 0.4) is 0 Å². The lowest BCUT2D eigenvalue weighted by Crippen LogP contribution is -2.05. The first-order chi connectivity index (χ1) is 12.5. The molecule has 0 aliphatic heterocycles. The van der Waals surface area contributed by atoms with Gasteiger partial charge >= 0.3 is 6.18 Å². The number of benzene rings is 1. The highest BCUT2D eigenvalue weighted by atomic mass is 19.4. The highest BCUT2D eigenvalue weighted by Crippen LogP contribution is 2.34. The Morgan fingerprint density at radius 3 is 2.54 bits per heavy atom. The quantitative estimate of drug-likeness (QED) is 0.586. The van der Waals surface area contributed by atoms with Gasteiger partial charge in [-0.05, 0) is 30.3 Å². The van der Waals surface area contributed by atoms with Crippen molar-refractivity contribution in [1.29, 1.82) is 0 Å². The minimum absolute atomic E-state index is 0.314. The Labute approximate surface area is 146 Å². The van der Waals surface area contributed by atoms with Crippen LogP contribution in [0.25, 0.3) is 16.9 Å². The molecule has 1 aromatic carbocycles. The number of alkyl halides is 3. The van der Waals surface area contributed by atoms with Crippen molar-refractivity contribution in [2.45, 2.75) is 6.18 Å². The third-order valence-corrected chi connectivity index (χ3v) is 3.84. The minimum atomic E-state index is -4.41. The van der Waals surface area contributed by atoms with Gasteiger partial charge in [0, 0.05) is 36.0 Å². The Hall–Kier alpha value is -3.42. The second-order valence-electron chi connectivity index (χ2n) is 5.55. The highest BCUT2D eigenvalue weighted by Gasteiger charge is 2.30. The van der Waals surface area contributed by atoms with Gasteiger partial charge in [-0.25, -0.2) is 4.98 Å². The van der Waals surface area contributed by atoms with Crippen LogP contribution in [0.5, 0.6) is 0 Å². The van der Waals surface area contributed by atoms with Crippen molar-refractivity contribution in [1.82, 2.24) is 19.4 Å². The van der Waals surface area contributed by atoms with Gasteiger partial charge in [-0.15, -0.1) is 0 Å². The largest absolute Gasteiger partial charge is 0.416 e. The normalized spacial score (nSPS) is 11.7. The predicted octanol–water partition coefficient (Wildman–Crippen LogP) is 4.55. The molecule has 3 heterocycles. The molecule has 26 heavy (non-hydrogen) atoms. The van der Waals surface area contributed by atoms with Crippen LogP contribution >= 0.6 is 0 Å². The number of imidazole rings is 1. The Morgan fingerprint density at radius 2 is 1.77 bits per heavy atom. The monoisotopic (exact) mass is 355 g/mol. The van der Waals surface area contributed by atoms with Crippen molar-refractivity contribution >= 4 is 17.2 Å². The van der Waals surface area contributed by atoms with Gasteiger partial charge in [0.1, 0.15) is 11.5 Å². The van der Waals surface area contributed by atoms with Gasteiger partial charge in [0.15, 0.2) is 5.65 Å². The number of rotatable bonds is 3. The Bertz CT molecular complexity index is 1060. The van der Waals surface area contributed by atoms with Crippen molar-refractivity contribution < 1.29 is 13.2 Å². The molecule has 4 aromatic rings. The summed E-state index contributed by atoms with van der Waals surface area (Å²) in [7, 11) is 0. The zero-order valence-corrected chi connectivity index (χ0v) is 13.3. The summed E-state index contributed by atoms with van der Waals surface area (Å²) in [6, 6.07) is 8.61. The fraction of sp³-hybridized carbons (Fsp3) is 0.0556. The van der Waals surface area contributed by atoms with Crippen LogP contribution in [-0.2, 0) is 6.18 Å². The zero-order chi connectivity index (χ0) is 18.1. The standard InChI is InChI=1S/C18H12F3N5/c19-18(20,21)13-2-1-3-14(10-13)24-17-16(12-4-6-22-7-5-12)25-15-11-23-8-9-26(15)17/h1-11,24H. The van der Waals surface area contributed by atoms with E-state index in [9.17, 15) is 13.2 Å². The number of halogens is 3. The number of nitrogens with zero attached hydrogens (tertiary/aromatic N) is 4. The van der Waals surface area contributed by atoms with Crippen LogP contribution in [0.15, 0.2) is 67.4 Å². The molecular formula is C18H12F3N5. The summed E-state index contributed by atoms with van der Waals surface area (Å²) >= 11 is 0. The summed E-state index contributed by atoms with van der Waals surface area (Å²) in [6.45, 7) is 0.